The molecule has 1 amide bonds. The molecule has 24 heavy (non-hydrogen) atoms. The number of rotatable bonds is 6. The molecule has 0 aliphatic heterocycles. The van der Waals surface area contributed by atoms with E-state index in [2.05, 4.69) is 5.32 Å². The maximum Gasteiger partial charge on any atom is 0.224 e. The van der Waals surface area contributed by atoms with Crippen molar-refractivity contribution in [2.24, 2.45) is 5.92 Å². The first-order chi connectivity index (χ1) is 11.5. The molecular formula is C19H20ClNO3. The lowest BCUT2D eigenvalue weighted by molar-refractivity contribution is -0.121. The van der Waals surface area contributed by atoms with Gasteiger partial charge in [0.2, 0.25) is 5.91 Å². The van der Waals surface area contributed by atoms with E-state index in [0.29, 0.717) is 16.5 Å². The Labute approximate surface area is 146 Å². The highest BCUT2D eigenvalue weighted by molar-refractivity contribution is 6.30. The topological polar surface area (TPSA) is 69.6 Å². The van der Waals surface area contributed by atoms with Crippen LogP contribution in [0.3, 0.4) is 0 Å². The first-order valence-electron chi connectivity index (χ1n) is 8.07. The molecule has 1 fully saturated rings. The smallest absolute Gasteiger partial charge is 0.224 e. The number of amides is 1. The second-order valence-corrected chi connectivity index (χ2v) is 6.79. The summed E-state index contributed by atoms with van der Waals surface area (Å²) >= 11 is 5.94. The predicted molar refractivity (Wildman–Crippen MR) is 93.2 cm³/mol. The summed E-state index contributed by atoms with van der Waals surface area (Å²) < 4.78 is 0. The van der Waals surface area contributed by atoms with Crippen molar-refractivity contribution in [3.8, 4) is 11.5 Å². The molecule has 0 heterocycles. The van der Waals surface area contributed by atoms with Crippen molar-refractivity contribution in [3.05, 3.63) is 58.6 Å². The van der Waals surface area contributed by atoms with Gasteiger partial charge in [-0.25, -0.2) is 0 Å². The number of nitrogens with one attached hydrogen (secondary N) is 1. The maximum atomic E-state index is 12.4. The van der Waals surface area contributed by atoms with Gasteiger partial charge in [0.25, 0.3) is 0 Å². The van der Waals surface area contributed by atoms with Gasteiger partial charge in [0, 0.05) is 5.02 Å². The van der Waals surface area contributed by atoms with Crippen LogP contribution in [0.4, 0.5) is 0 Å². The Bertz CT molecular complexity index is 726. The van der Waals surface area contributed by atoms with E-state index in [1.807, 2.05) is 24.3 Å². The van der Waals surface area contributed by atoms with Gasteiger partial charge in [0.15, 0.2) is 11.5 Å². The summed E-state index contributed by atoms with van der Waals surface area (Å²) in [5.41, 5.74) is 1.71. The first-order valence-corrected chi connectivity index (χ1v) is 8.45. The maximum absolute atomic E-state index is 12.4. The average Bonchev–Trinajstić information content (AvgIpc) is 3.35. The number of aromatic hydroxyl groups is 2. The van der Waals surface area contributed by atoms with Crippen LogP contribution >= 0.6 is 11.6 Å². The number of phenols is 2. The third kappa shape index (κ3) is 4.42. The van der Waals surface area contributed by atoms with E-state index in [1.165, 1.54) is 25.0 Å². The van der Waals surface area contributed by atoms with Crippen LogP contribution < -0.4 is 5.32 Å². The normalized spacial score (nSPS) is 15.0. The molecule has 3 rings (SSSR count). The standard InChI is InChI=1S/C19H20ClNO3/c20-15-6-4-14(5-7-15)16(9-12-1-2-12)21-19(24)11-13-3-8-17(22)18(23)10-13/h3-8,10,12,16,22-23H,1-2,9,11H2,(H,21,24). The summed E-state index contributed by atoms with van der Waals surface area (Å²) in [6.07, 6.45) is 3.51. The van der Waals surface area contributed by atoms with Gasteiger partial charge in [-0.15, -0.1) is 0 Å². The molecule has 0 saturated heterocycles. The molecule has 5 heteroatoms. The number of hydrogen-bond donors (Lipinski definition) is 3. The minimum atomic E-state index is -0.215. The minimum absolute atomic E-state index is 0.0343. The summed E-state index contributed by atoms with van der Waals surface area (Å²) in [7, 11) is 0. The fourth-order valence-electron chi connectivity index (χ4n) is 2.77. The Hall–Kier alpha value is -2.20. The molecule has 126 valence electrons. The van der Waals surface area contributed by atoms with Crippen LogP contribution in [0.15, 0.2) is 42.5 Å². The monoisotopic (exact) mass is 345 g/mol. The summed E-state index contributed by atoms with van der Waals surface area (Å²) in [5.74, 6) is 0.156. The summed E-state index contributed by atoms with van der Waals surface area (Å²) in [4.78, 5) is 12.4. The van der Waals surface area contributed by atoms with E-state index >= 15 is 0 Å². The van der Waals surface area contributed by atoms with Gasteiger partial charge in [-0.05, 0) is 47.7 Å². The van der Waals surface area contributed by atoms with Crippen LogP contribution in [0.2, 0.25) is 5.02 Å². The lowest BCUT2D eigenvalue weighted by atomic mass is 10.0. The molecule has 1 atom stereocenters. The van der Waals surface area contributed by atoms with E-state index < -0.39 is 0 Å². The molecule has 1 saturated carbocycles. The van der Waals surface area contributed by atoms with Crippen molar-refractivity contribution >= 4 is 17.5 Å². The number of carbonyl (C=O) groups is 1. The van der Waals surface area contributed by atoms with Crippen LogP contribution in [-0.2, 0) is 11.2 Å². The fraction of sp³-hybridized carbons (Fsp3) is 0.316. The Morgan fingerprint density at radius 2 is 1.83 bits per heavy atom. The summed E-state index contributed by atoms with van der Waals surface area (Å²) in [5, 5.41) is 22.6. The second-order valence-electron chi connectivity index (χ2n) is 6.35. The van der Waals surface area contributed by atoms with Crippen LogP contribution in [-0.4, -0.2) is 16.1 Å². The molecule has 1 aliphatic rings. The van der Waals surface area contributed by atoms with E-state index in [0.717, 1.165) is 12.0 Å². The number of benzene rings is 2. The average molecular weight is 346 g/mol. The van der Waals surface area contributed by atoms with Gasteiger partial charge in [0.05, 0.1) is 12.5 Å². The number of carbonyl (C=O) groups excluding carboxylic acids is 1. The van der Waals surface area contributed by atoms with Gasteiger partial charge in [-0.2, -0.15) is 0 Å². The zero-order valence-corrected chi connectivity index (χ0v) is 14.0. The number of halogens is 1. The third-order valence-electron chi connectivity index (χ3n) is 4.28. The van der Waals surface area contributed by atoms with Gasteiger partial charge in [-0.3, -0.25) is 4.79 Å². The van der Waals surface area contributed by atoms with Crippen molar-refractivity contribution in [1.82, 2.24) is 5.32 Å². The second kappa shape index (κ2) is 7.14. The van der Waals surface area contributed by atoms with Gasteiger partial charge < -0.3 is 15.5 Å². The zero-order chi connectivity index (χ0) is 17.1. The van der Waals surface area contributed by atoms with Gasteiger partial charge >= 0.3 is 0 Å². The lowest BCUT2D eigenvalue weighted by Crippen LogP contribution is -2.30. The quantitative estimate of drug-likeness (QED) is 0.694. The highest BCUT2D eigenvalue weighted by atomic mass is 35.5. The third-order valence-corrected chi connectivity index (χ3v) is 4.53. The Kier molecular flexibility index (Phi) is 4.95. The van der Waals surface area contributed by atoms with Crippen molar-refractivity contribution in [2.75, 3.05) is 0 Å². The highest BCUT2D eigenvalue weighted by Gasteiger charge is 2.27. The molecule has 2 aromatic rings. The van der Waals surface area contributed by atoms with E-state index in [9.17, 15) is 15.0 Å². The van der Waals surface area contributed by atoms with Crippen molar-refractivity contribution in [2.45, 2.75) is 31.7 Å². The molecule has 0 spiro atoms. The number of phenolic OH excluding ortho intramolecular Hbond substituents is 2. The van der Waals surface area contributed by atoms with Crippen molar-refractivity contribution in [1.29, 1.82) is 0 Å². The predicted octanol–water partition coefficient (Wildman–Crippen LogP) is 3.95. The Balaban J connectivity index is 1.68. The van der Waals surface area contributed by atoms with Crippen molar-refractivity contribution < 1.29 is 15.0 Å². The van der Waals surface area contributed by atoms with Crippen molar-refractivity contribution in [3.63, 3.8) is 0 Å². The summed E-state index contributed by atoms with van der Waals surface area (Å²) in [6, 6.07) is 12.0. The SMILES string of the molecule is O=C(Cc1ccc(O)c(O)c1)NC(CC1CC1)c1ccc(Cl)cc1. The van der Waals surface area contributed by atoms with Crippen LogP contribution in [0, 0.1) is 5.92 Å². The highest BCUT2D eigenvalue weighted by Crippen LogP contribution is 2.38. The lowest BCUT2D eigenvalue weighted by Gasteiger charge is -2.19. The Morgan fingerprint density at radius 3 is 2.46 bits per heavy atom. The summed E-state index contributed by atoms with van der Waals surface area (Å²) in [6.45, 7) is 0. The minimum Gasteiger partial charge on any atom is -0.504 e. The fourth-order valence-corrected chi connectivity index (χ4v) is 2.90. The molecule has 0 radical (unpaired) electrons. The number of hydrogen-bond acceptors (Lipinski definition) is 3. The molecule has 1 unspecified atom stereocenters. The first kappa shape index (κ1) is 16.7. The van der Waals surface area contributed by atoms with Crippen LogP contribution in [0.1, 0.15) is 36.4 Å². The van der Waals surface area contributed by atoms with Gasteiger partial charge in [0.1, 0.15) is 0 Å². The molecular weight excluding hydrogens is 326 g/mol. The Morgan fingerprint density at radius 1 is 1.12 bits per heavy atom. The van der Waals surface area contributed by atoms with Gasteiger partial charge in [-0.1, -0.05) is 42.6 Å². The molecule has 1 aliphatic carbocycles. The van der Waals surface area contributed by atoms with E-state index in [4.69, 9.17) is 11.6 Å². The molecule has 0 aromatic heterocycles. The molecule has 3 N–H and O–H groups in total. The van der Waals surface area contributed by atoms with E-state index in [1.54, 1.807) is 6.07 Å². The zero-order valence-electron chi connectivity index (χ0n) is 13.2. The molecule has 0 bridgehead atoms. The molecule has 2 aromatic carbocycles. The van der Waals surface area contributed by atoms with Crippen LogP contribution in [0.5, 0.6) is 11.5 Å². The van der Waals surface area contributed by atoms with E-state index in [-0.39, 0.29) is 29.9 Å². The largest absolute Gasteiger partial charge is 0.504 e. The molecule has 4 nitrogen and oxygen atoms in total. The van der Waals surface area contributed by atoms with Crippen LogP contribution in [0.25, 0.3) is 0 Å².